The quantitative estimate of drug-likeness (QED) is 0.669. The van der Waals surface area contributed by atoms with Gasteiger partial charge in [-0.05, 0) is 17.5 Å². The van der Waals surface area contributed by atoms with Gasteiger partial charge in [-0.3, -0.25) is 9.98 Å². The molecule has 0 aliphatic rings. The van der Waals surface area contributed by atoms with Gasteiger partial charge < -0.3 is 0 Å². The third-order valence-corrected chi connectivity index (χ3v) is 2.11. The van der Waals surface area contributed by atoms with Gasteiger partial charge in [0.15, 0.2) is 0 Å². The largest absolute Gasteiger partial charge is 0.294 e. The van der Waals surface area contributed by atoms with Crippen molar-refractivity contribution in [3.63, 3.8) is 0 Å². The van der Waals surface area contributed by atoms with E-state index in [-0.39, 0.29) is 0 Å². The van der Waals surface area contributed by atoms with Crippen LogP contribution in [0.1, 0.15) is 36.6 Å². The molecule has 0 fully saturated rings. The maximum absolute atomic E-state index is 4.34. The summed E-state index contributed by atoms with van der Waals surface area (Å²) in [5.74, 6) is 0.494. The van der Waals surface area contributed by atoms with Crippen molar-refractivity contribution in [2.75, 3.05) is 7.05 Å². The molecule has 2 heteroatoms. The van der Waals surface area contributed by atoms with Crippen LogP contribution in [0.3, 0.4) is 0 Å². The van der Waals surface area contributed by atoms with E-state index in [2.05, 4.69) is 36.5 Å². The summed E-state index contributed by atoms with van der Waals surface area (Å²) in [5.41, 5.74) is 3.15. The van der Waals surface area contributed by atoms with Crippen molar-refractivity contribution in [1.29, 1.82) is 0 Å². The Kier molecular flexibility index (Phi) is 3.57. The first kappa shape index (κ1) is 10.6. The number of pyridine rings is 1. The van der Waals surface area contributed by atoms with Crippen LogP contribution >= 0.6 is 0 Å². The number of hydrogen-bond acceptors (Lipinski definition) is 2. The highest BCUT2D eigenvalue weighted by Gasteiger charge is 2.03. The van der Waals surface area contributed by atoms with Crippen molar-refractivity contribution in [2.45, 2.75) is 19.8 Å². The minimum absolute atomic E-state index is 0.494. The normalized spacial score (nSPS) is 11.1. The Morgan fingerprint density at radius 3 is 2.71 bits per heavy atom. The summed E-state index contributed by atoms with van der Waals surface area (Å²) >= 11 is 0. The second-order valence-electron chi connectivity index (χ2n) is 3.49. The number of nitrogens with zero attached hydrogens (tertiary/aromatic N) is 2. The molecule has 14 heavy (non-hydrogen) atoms. The molecule has 1 rings (SSSR count). The van der Waals surface area contributed by atoms with E-state index in [0.717, 1.165) is 11.3 Å². The Bertz CT molecular complexity index is 351. The van der Waals surface area contributed by atoms with Crippen molar-refractivity contribution < 1.29 is 0 Å². The average Bonchev–Trinajstić information content (AvgIpc) is 2.18. The van der Waals surface area contributed by atoms with Crippen LogP contribution in [0.4, 0.5) is 0 Å². The zero-order valence-electron chi connectivity index (χ0n) is 8.99. The lowest BCUT2D eigenvalue weighted by Gasteiger charge is -2.07. The van der Waals surface area contributed by atoms with Gasteiger partial charge >= 0.3 is 0 Å². The topological polar surface area (TPSA) is 25.2 Å². The summed E-state index contributed by atoms with van der Waals surface area (Å²) in [6, 6.07) is 2.11. The number of hydrogen-bond donors (Lipinski definition) is 0. The van der Waals surface area contributed by atoms with Crippen molar-refractivity contribution in [3.8, 4) is 0 Å². The van der Waals surface area contributed by atoms with Crippen LogP contribution in [-0.4, -0.2) is 18.2 Å². The highest BCUT2D eigenvalue weighted by atomic mass is 14.7. The number of aromatic nitrogens is 1. The van der Waals surface area contributed by atoms with Crippen molar-refractivity contribution in [3.05, 3.63) is 35.7 Å². The molecule has 74 valence electrons. The molecule has 0 saturated carbocycles. The molecule has 0 saturated heterocycles. The van der Waals surface area contributed by atoms with Crippen molar-refractivity contribution >= 4 is 12.3 Å². The molecular formula is C12H16N2. The summed E-state index contributed by atoms with van der Waals surface area (Å²) < 4.78 is 0. The average molecular weight is 188 g/mol. The van der Waals surface area contributed by atoms with Gasteiger partial charge in [-0.1, -0.05) is 26.5 Å². The summed E-state index contributed by atoms with van der Waals surface area (Å²) in [7, 11) is 1.74. The van der Waals surface area contributed by atoms with Crippen LogP contribution < -0.4 is 0 Å². The van der Waals surface area contributed by atoms with Gasteiger partial charge in [0, 0.05) is 25.0 Å². The molecule has 0 aliphatic heterocycles. The zero-order valence-corrected chi connectivity index (χ0v) is 8.99. The van der Waals surface area contributed by atoms with Gasteiger partial charge in [0.1, 0.15) is 0 Å². The fraction of sp³-hybridized carbons (Fsp3) is 0.333. The Morgan fingerprint density at radius 2 is 2.21 bits per heavy atom. The predicted molar refractivity (Wildman–Crippen MR) is 61.9 cm³/mol. The van der Waals surface area contributed by atoms with Gasteiger partial charge in [0.25, 0.3) is 0 Å². The van der Waals surface area contributed by atoms with Crippen LogP contribution in [0.15, 0.2) is 23.8 Å². The van der Waals surface area contributed by atoms with Gasteiger partial charge in [-0.2, -0.15) is 0 Å². The summed E-state index contributed by atoms with van der Waals surface area (Å²) in [6.07, 6.45) is 5.46. The lowest BCUT2D eigenvalue weighted by Crippen LogP contribution is -1.96. The van der Waals surface area contributed by atoms with E-state index < -0.39 is 0 Å². The Balaban J connectivity index is 3.17. The van der Waals surface area contributed by atoms with Crippen LogP contribution in [0.2, 0.25) is 0 Å². The summed E-state index contributed by atoms with van der Waals surface area (Å²) in [6.45, 7) is 8.07. The first-order chi connectivity index (χ1) is 6.69. The second kappa shape index (κ2) is 4.70. The van der Waals surface area contributed by atoms with Crippen LogP contribution in [0, 0.1) is 0 Å². The highest BCUT2D eigenvalue weighted by molar-refractivity contribution is 5.82. The molecule has 0 N–H and O–H groups in total. The Labute approximate surface area is 85.4 Å². The summed E-state index contributed by atoms with van der Waals surface area (Å²) in [4.78, 5) is 8.29. The zero-order chi connectivity index (χ0) is 10.6. The van der Waals surface area contributed by atoms with Gasteiger partial charge in [0.05, 0.1) is 5.69 Å². The first-order valence-corrected chi connectivity index (χ1v) is 4.73. The molecule has 0 amide bonds. The van der Waals surface area contributed by atoms with E-state index in [4.69, 9.17) is 0 Å². The van der Waals surface area contributed by atoms with E-state index in [9.17, 15) is 0 Å². The van der Waals surface area contributed by atoms with Gasteiger partial charge in [0.2, 0.25) is 0 Å². The summed E-state index contributed by atoms with van der Waals surface area (Å²) in [5, 5.41) is 0. The molecule has 0 aromatic carbocycles. The van der Waals surface area contributed by atoms with Crippen LogP contribution in [0.25, 0.3) is 6.08 Å². The number of aliphatic imine (C=N–C) groups is 1. The van der Waals surface area contributed by atoms with Gasteiger partial charge in [-0.25, -0.2) is 0 Å². The maximum Gasteiger partial charge on any atom is 0.0879 e. The first-order valence-electron chi connectivity index (χ1n) is 4.73. The van der Waals surface area contributed by atoms with E-state index in [0.29, 0.717) is 5.92 Å². The Hall–Kier alpha value is -1.44. The fourth-order valence-electron chi connectivity index (χ4n) is 1.22. The molecule has 0 unspecified atom stereocenters. The second-order valence-corrected chi connectivity index (χ2v) is 3.49. The lowest BCUT2D eigenvalue weighted by molar-refractivity contribution is 0.857. The molecule has 0 aliphatic carbocycles. The van der Waals surface area contributed by atoms with E-state index >= 15 is 0 Å². The molecule has 0 spiro atoms. The maximum atomic E-state index is 4.34. The fourth-order valence-corrected chi connectivity index (χ4v) is 1.22. The molecule has 1 heterocycles. The SMILES string of the molecule is C=Cc1cc(C(C)C)cnc1C=NC. The monoisotopic (exact) mass is 188 g/mol. The standard InChI is InChI=1S/C12H16N2/c1-5-10-6-11(9(2)3)7-14-12(10)8-13-4/h5-9H,1H2,2-4H3. The third-order valence-electron chi connectivity index (χ3n) is 2.11. The highest BCUT2D eigenvalue weighted by Crippen LogP contribution is 2.16. The minimum atomic E-state index is 0.494. The van der Waals surface area contributed by atoms with Crippen LogP contribution in [0.5, 0.6) is 0 Å². The molecule has 2 nitrogen and oxygen atoms in total. The molecular weight excluding hydrogens is 172 g/mol. The minimum Gasteiger partial charge on any atom is -0.294 e. The number of rotatable bonds is 3. The van der Waals surface area contributed by atoms with Gasteiger partial charge in [-0.15, -0.1) is 0 Å². The molecule has 0 radical (unpaired) electrons. The molecule has 0 atom stereocenters. The van der Waals surface area contributed by atoms with Crippen LogP contribution in [-0.2, 0) is 0 Å². The van der Waals surface area contributed by atoms with E-state index in [1.807, 2.05) is 12.3 Å². The third kappa shape index (κ3) is 2.28. The molecule has 1 aromatic heterocycles. The molecule has 1 aromatic rings. The Morgan fingerprint density at radius 1 is 1.50 bits per heavy atom. The smallest absolute Gasteiger partial charge is 0.0879 e. The van der Waals surface area contributed by atoms with Crippen molar-refractivity contribution in [1.82, 2.24) is 4.98 Å². The predicted octanol–water partition coefficient (Wildman–Crippen LogP) is 2.90. The lowest BCUT2D eigenvalue weighted by atomic mass is 10.0. The molecule has 0 bridgehead atoms. The van der Waals surface area contributed by atoms with E-state index in [1.54, 1.807) is 13.3 Å². The van der Waals surface area contributed by atoms with Crippen molar-refractivity contribution in [2.24, 2.45) is 4.99 Å². The van der Waals surface area contributed by atoms with E-state index in [1.165, 1.54) is 5.56 Å².